The second-order valence-electron chi connectivity index (χ2n) is 5.53. The van der Waals surface area contributed by atoms with Gasteiger partial charge in [0.1, 0.15) is 11.8 Å². The second kappa shape index (κ2) is 9.23. The largest absolute Gasteiger partial charge is 0.492 e. The molecule has 0 bridgehead atoms. The molecule has 134 valence electrons. The van der Waals surface area contributed by atoms with E-state index in [0.29, 0.717) is 29.3 Å². The number of nitrogens with zero attached hydrogens (tertiary/aromatic N) is 2. The summed E-state index contributed by atoms with van der Waals surface area (Å²) >= 11 is 0. The minimum absolute atomic E-state index is 0.0970. The fraction of sp³-hybridized carbons (Fsp3) is 0.250. The van der Waals surface area contributed by atoms with Gasteiger partial charge < -0.3 is 15.0 Å². The van der Waals surface area contributed by atoms with Crippen LogP contribution in [0.3, 0.4) is 0 Å². The van der Waals surface area contributed by atoms with Crippen LogP contribution in [0.2, 0.25) is 0 Å². The Balaban J connectivity index is 2.07. The van der Waals surface area contributed by atoms with Crippen LogP contribution in [0.15, 0.2) is 48.5 Å². The summed E-state index contributed by atoms with van der Waals surface area (Å²) in [6.45, 7) is 3.96. The number of amides is 2. The third kappa shape index (κ3) is 4.84. The Labute approximate surface area is 153 Å². The summed E-state index contributed by atoms with van der Waals surface area (Å²) in [7, 11) is 0. The topological polar surface area (TPSA) is 82.4 Å². The van der Waals surface area contributed by atoms with E-state index >= 15 is 0 Å². The van der Waals surface area contributed by atoms with Gasteiger partial charge in [0.2, 0.25) is 11.8 Å². The summed E-state index contributed by atoms with van der Waals surface area (Å²) in [5.41, 5.74) is 1.49. The van der Waals surface area contributed by atoms with Crippen LogP contribution in [0, 0.1) is 11.3 Å². The lowest BCUT2D eigenvalue weighted by Crippen LogP contribution is -2.32. The van der Waals surface area contributed by atoms with Gasteiger partial charge in [0.25, 0.3) is 0 Å². The Kier molecular flexibility index (Phi) is 6.75. The molecular weight excluding hydrogens is 330 g/mol. The molecule has 0 aliphatic carbocycles. The van der Waals surface area contributed by atoms with E-state index < -0.39 is 0 Å². The lowest BCUT2D eigenvalue weighted by molar-refractivity contribution is -0.117. The highest BCUT2D eigenvalue weighted by Gasteiger charge is 2.17. The van der Waals surface area contributed by atoms with Crippen molar-refractivity contribution in [1.82, 2.24) is 0 Å². The van der Waals surface area contributed by atoms with Crippen LogP contribution in [0.1, 0.15) is 25.8 Å². The monoisotopic (exact) mass is 351 g/mol. The Hall–Kier alpha value is -3.33. The van der Waals surface area contributed by atoms with Crippen molar-refractivity contribution < 1.29 is 14.3 Å². The Bertz CT molecular complexity index is 827. The van der Waals surface area contributed by atoms with E-state index in [9.17, 15) is 14.9 Å². The summed E-state index contributed by atoms with van der Waals surface area (Å²) in [6.07, 6.45) is 0.0970. The van der Waals surface area contributed by atoms with Gasteiger partial charge in [-0.25, -0.2) is 0 Å². The molecule has 2 rings (SSSR count). The highest BCUT2D eigenvalue weighted by molar-refractivity contribution is 5.96. The lowest BCUT2D eigenvalue weighted by atomic mass is 10.1. The maximum Gasteiger partial charge on any atom is 0.226 e. The molecule has 0 atom stereocenters. The summed E-state index contributed by atoms with van der Waals surface area (Å²) in [4.78, 5) is 25.7. The first kappa shape index (κ1) is 19.0. The number of benzene rings is 2. The SMILES string of the molecule is CCOc1ccccc1NC(=O)CCN(C(C)=O)c1ccccc1C#N. The molecule has 0 saturated carbocycles. The average Bonchev–Trinajstić information content (AvgIpc) is 2.64. The number of nitrogens with one attached hydrogen (secondary N) is 1. The van der Waals surface area contributed by atoms with E-state index in [1.54, 1.807) is 36.4 Å². The Morgan fingerprint density at radius 3 is 2.54 bits per heavy atom. The normalized spacial score (nSPS) is 9.88. The molecule has 0 radical (unpaired) electrons. The quantitative estimate of drug-likeness (QED) is 0.829. The number of ether oxygens (including phenoxy) is 1. The molecule has 2 aromatic carbocycles. The van der Waals surface area contributed by atoms with Crippen LogP contribution in [0.4, 0.5) is 11.4 Å². The molecule has 0 unspecified atom stereocenters. The summed E-state index contributed by atoms with van der Waals surface area (Å²) in [6, 6.07) is 16.1. The zero-order valence-electron chi connectivity index (χ0n) is 14.9. The van der Waals surface area contributed by atoms with E-state index in [4.69, 9.17) is 4.74 Å². The van der Waals surface area contributed by atoms with E-state index in [1.165, 1.54) is 11.8 Å². The fourth-order valence-electron chi connectivity index (χ4n) is 2.53. The molecular formula is C20H21N3O3. The van der Waals surface area contributed by atoms with Gasteiger partial charge in [-0.15, -0.1) is 0 Å². The molecule has 6 nitrogen and oxygen atoms in total. The minimum atomic E-state index is -0.238. The lowest BCUT2D eigenvalue weighted by Gasteiger charge is -2.22. The van der Waals surface area contributed by atoms with Crippen molar-refractivity contribution in [3.63, 3.8) is 0 Å². The molecule has 2 amide bonds. The van der Waals surface area contributed by atoms with Gasteiger partial charge in [-0.05, 0) is 31.2 Å². The van der Waals surface area contributed by atoms with Gasteiger partial charge in [0.15, 0.2) is 0 Å². The van der Waals surface area contributed by atoms with Gasteiger partial charge in [-0.2, -0.15) is 5.26 Å². The van der Waals surface area contributed by atoms with Crippen molar-refractivity contribution in [3.8, 4) is 11.8 Å². The van der Waals surface area contributed by atoms with Crippen LogP contribution in [-0.4, -0.2) is 25.0 Å². The van der Waals surface area contributed by atoms with Gasteiger partial charge in [0, 0.05) is 19.9 Å². The molecule has 0 spiro atoms. The number of hydrogen-bond donors (Lipinski definition) is 1. The highest BCUT2D eigenvalue weighted by atomic mass is 16.5. The number of carbonyl (C=O) groups is 2. The number of para-hydroxylation sites is 3. The number of anilines is 2. The second-order valence-corrected chi connectivity index (χ2v) is 5.53. The first-order valence-electron chi connectivity index (χ1n) is 8.35. The Morgan fingerprint density at radius 2 is 1.85 bits per heavy atom. The molecule has 0 aliphatic heterocycles. The number of rotatable bonds is 7. The van der Waals surface area contributed by atoms with Crippen LogP contribution < -0.4 is 15.0 Å². The van der Waals surface area contributed by atoms with Crippen molar-refractivity contribution in [3.05, 3.63) is 54.1 Å². The summed E-state index contributed by atoms with van der Waals surface area (Å²) in [5.74, 6) is 0.134. The molecule has 1 N–H and O–H groups in total. The zero-order chi connectivity index (χ0) is 18.9. The predicted molar refractivity (Wildman–Crippen MR) is 100 cm³/mol. The molecule has 0 heterocycles. The predicted octanol–water partition coefficient (Wildman–Crippen LogP) is 3.34. The van der Waals surface area contributed by atoms with E-state index in [2.05, 4.69) is 11.4 Å². The van der Waals surface area contributed by atoms with Gasteiger partial charge in [-0.1, -0.05) is 24.3 Å². The average molecular weight is 351 g/mol. The zero-order valence-corrected chi connectivity index (χ0v) is 14.9. The first-order valence-corrected chi connectivity index (χ1v) is 8.35. The number of carbonyl (C=O) groups excluding carboxylic acids is 2. The van der Waals surface area contributed by atoms with Crippen LogP contribution in [0.5, 0.6) is 5.75 Å². The van der Waals surface area contributed by atoms with Crippen molar-refractivity contribution in [2.75, 3.05) is 23.4 Å². The van der Waals surface area contributed by atoms with Crippen LogP contribution in [-0.2, 0) is 9.59 Å². The highest BCUT2D eigenvalue weighted by Crippen LogP contribution is 2.24. The van der Waals surface area contributed by atoms with Crippen molar-refractivity contribution in [2.24, 2.45) is 0 Å². The Morgan fingerprint density at radius 1 is 1.15 bits per heavy atom. The minimum Gasteiger partial charge on any atom is -0.492 e. The molecule has 0 saturated heterocycles. The third-order valence-corrected chi connectivity index (χ3v) is 3.72. The molecule has 2 aromatic rings. The molecule has 6 heteroatoms. The molecule has 0 fully saturated rings. The van der Waals surface area contributed by atoms with Gasteiger partial charge in [0.05, 0.1) is 23.5 Å². The van der Waals surface area contributed by atoms with Crippen molar-refractivity contribution in [2.45, 2.75) is 20.3 Å². The van der Waals surface area contributed by atoms with Gasteiger partial charge >= 0.3 is 0 Å². The smallest absolute Gasteiger partial charge is 0.226 e. The molecule has 26 heavy (non-hydrogen) atoms. The number of nitriles is 1. The summed E-state index contributed by atoms with van der Waals surface area (Å²) < 4.78 is 5.49. The number of hydrogen-bond acceptors (Lipinski definition) is 4. The molecule has 0 aromatic heterocycles. The first-order chi connectivity index (χ1) is 12.6. The maximum absolute atomic E-state index is 12.3. The van der Waals surface area contributed by atoms with Gasteiger partial charge in [-0.3, -0.25) is 9.59 Å². The van der Waals surface area contributed by atoms with E-state index in [0.717, 1.165) is 0 Å². The summed E-state index contributed by atoms with van der Waals surface area (Å²) in [5, 5.41) is 12.0. The van der Waals surface area contributed by atoms with Crippen molar-refractivity contribution >= 4 is 23.2 Å². The fourth-order valence-corrected chi connectivity index (χ4v) is 2.53. The van der Waals surface area contributed by atoms with Crippen LogP contribution in [0.25, 0.3) is 0 Å². The van der Waals surface area contributed by atoms with E-state index in [-0.39, 0.29) is 24.8 Å². The molecule has 0 aliphatic rings. The third-order valence-electron chi connectivity index (χ3n) is 3.72. The van der Waals surface area contributed by atoms with E-state index in [1.807, 2.05) is 19.1 Å². The maximum atomic E-state index is 12.3. The van der Waals surface area contributed by atoms with Crippen LogP contribution >= 0.6 is 0 Å². The van der Waals surface area contributed by atoms with Crippen molar-refractivity contribution in [1.29, 1.82) is 5.26 Å². The standard InChI is InChI=1S/C20H21N3O3/c1-3-26-19-11-7-5-9-17(19)22-20(25)12-13-23(15(2)24)18-10-6-4-8-16(18)14-21/h4-11H,3,12-13H2,1-2H3,(H,22,25).